The second-order valence-corrected chi connectivity index (χ2v) is 7.59. The lowest BCUT2D eigenvalue weighted by molar-refractivity contribution is -0.118. The minimum atomic E-state index is -0.292. The molecule has 1 fully saturated rings. The summed E-state index contributed by atoms with van der Waals surface area (Å²) in [6, 6.07) is 12.4. The molecule has 148 valence electrons. The normalized spacial score (nSPS) is 15.9. The summed E-state index contributed by atoms with van der Waals surface area (Å²) in [6.07, 6.45) is 2.09. The van der Waals surface area contributed by atoms with Crippen LogP contribution in [-0.2, 0) is 9.53 Å². The minimum absolute atomic E-state index is 0.0889. The highest BCUT2D eigenvalue weighted by molar-refractivity contribution is 9.10. The molecule has 7 heteroatoms. The zero-order chi connectivity index (χ0) is 19.9. The highest BCUT2D eigenvalue weighted by atomic mass is 79.9. The van der Waals surface area contributed by atoms with Crippen LogP contribution in [0, 0.1) is 6.92 Å². The van der Waals surface area contributed by atoms with E-state index in [-0.39, 0.29) is 24.5 Å². The molecule has 6 nitrogen and oxygen atoms in total. The summed E-state index contributed by atoms with van der Waals surface area (Å²) in [7, 11) is 0. The van der Waals surface area contributed by atoms with Gasteiger partial charge in [0.1, 0.15) is 5.75 Å². The van der Waals surface area contributed by atoms with E-state index in [1.165, 1.54) is 0 Å². The predicted molar refractivity (Wildman–Crippen MR) is 111 cm³/mol. The van der Waals surface area contributed by atoms with Crippen molar-refractivity contribution in [3.8, 4) is 5.75 Å². The SMILES string of the molecule is Cc1cc(Br)ccc1OCC(=O)Nc1cccc(C(=O)NCC2CCCO2)c1. The summed E-state index contributed by atoms with van der Waals surface area (Å²) in [5.41, 5.74) is 1.97. The molecule has 0 radical (unpaired) electrons. The minimum Gasteiger partial charge on any atom is -0.483 e. The third kappa shape index (κ3) is 5.81. The van der Waals surface area contributed by atoms with Crippen LogP contribution in [0.4, 0.5) is 5.69 Å². The van der Waals surface area contributed by atoms with Crippen LogP contribution in [0.3, 0.4) is 0 Å². The number of aryl methyl sites for hydroxylation is 1. The Balaban J connectivity index is 1.51. The summed E-state index contributed by atoms with van der Waals surface area (Å²) >= 11 is 3.39. The molecule has 2 aromatic rings. The molecule has 0 aromatic heterocycles. The molecule has 1 atom stereocenters. The quantitative estimate of drug-likeness (QED) is 0.679. The van der Waals surface area contributed by atoms with E-state index in [0.29, 0.717) is 23.5 Å². The van der Waals surface area contributed by atoms with E-state index in [0.717, 1.165) is 29.5 Å². The molecule has 28 heavy (non-hydrogen) atoms. The van der Waals surface area contributed by atoms with Crippen molar-refractivity contribution < 1.29 is 19.1 Å². The van der Waals surface area contributed by atoms with E-state index in [9.17, 15) is 9.59 Å². The fourth-order valence-corrected chi connectivity index (χ4v) is 3.44. The van der Waals surface area contributed by atoms with Gasteiger partial charge in [-0.2, -0.15) is 0 Å². The number of ether oxygens (including phenoxy) is 2. The predicted octanol–water partition coefficient (Wildman–Crippen LogP) is 3.68. The van der Waals surface area contributed by atoms with E-state index in [2.05, 4.69) is 26.6 Å². The summed E-state index contributed by atoms with van der Waals surface area (Å²) < 4.78 is 12.0. The van der Waals surface area contributed by atoms with Gasteiger partial charge in [0.05, 0.1) is 6.10 Å². The number of anilines is 1. The molecule has 0 spiro atoms. The second kappa shape index (κ2) is 9.71. The third-order valence-electron chi connectivity index (χ3n) is 4.42. The molecular weight excluding hydrogens is 424 g/mol. The van der Waals surface area contributed by atoms with Crippen molar-refractivity contribution in [1.82, 2.24) is 5.32 Å². The van der Waals surface area contributed by atoms with E-state index in [1.807, 2.05) is 25.1 Å². The standard InChI is InChI=1S/C21H23BrN2O4/c1-14-10-16(22)7-8-19(14)28-13-20(25)24-17-5-2-4-15(11-17)21(26)23-12-18-6-3-9-27-18/h2,4-5,7-8,10-11,18H,3,6,9,12-13H2,1H3,(H,23,26)(H,24,25). The van der Waals surface area contributed by atoms with E-state index < -0.39 is 0 Å². The topological polar surface area (TPSA) is 76.7 Å². The number of benzene rings is 2. The number of carbonyl (C=O) groups excluding carboxylic acids is 2. The summed E-state index contributed by atoms with van der Waals surface area (Å²) in [5, 5.41) is 5.63. The van der Waals surface area contributed by atoms with Gasteiger partial charge in [-0.1, -0.05) is 22.0 Å². The molecule has 0 bridgehead atoms. The first-order chi connectivity index (χ1) is 13.5. The molecule has 2 aromatic carbocycles. The van der Waals surface area contributed by atoms with Gasteiger partial charge in [-0.15, -0.1) is 0 Å². The van der Waals surface area contributed by atoms with Gasteiger partial charge >= 0.3 is 0 Å². The molecule has 1 heterocycles. The van der Waals surface area contributed by atoms with E-state index in [4.69, 9.17) is 9.47 Å². The smallest absolute Gasteiger partial charge is 0.262 e. The number of amides is 2. The van der Waals surface area contributed by atoms with Crippen LogP contribution >= 0.6 is 15.9 Å². The van der Waals surface area contributed by atoms with Gasteiger partial charge in [-0.3, -0.25) is 9.59 Å². The Kier molecular flexibility index (Phi) is 7.06. The zero-order valence-electron chi connectivity index (χ0n) is 15.7. The molecule has 2 N–H and O–H groups in total. The summed E-state index contributed by atoms with van der Waals surface area (Å²) in [4.78, 5) is 24.5. The van der Waals surface area contributed by atoms with Crippen LogP contribution in [-0.4, -0.2) is 37.7 Å². The lowest BCUT2D eigenvalue weighted by Gasteiger charge is -2.12. The zero-order valence-corrected chi connectivity index (χ0v) is 17.3. The highest BCUT2D eigenvalue weighted by Crippen LogP contribution is 2.22. The van der Waals surface area contributed by atoms with Crippen molar-refractivity contribution in [2.45, 2.75) is 25.9 Å². The molecule has 0 aliphatic carbocycles. The van der Waals surface area contributed by atoms with Crippen molar-refractivity contribution >= 4 is 33.4 Å². The van der Waals surface area contributed by atoms with Crippen LogP contribution in [0.15, 0.2) is 46.9 Å². The lowest BCUT2D eigenvalue weighted by atomic mass is 10.1. The Hall–Kier alpha value is -2.38. The number of nitrogens with one attached hydrogen (secondary N) is 2. The maximum absolute atomic E-state index is 12.3. The van der Waals surface area contributed by atoms with Gasteiger partial charge in [0.15, 0.2) is 6.61 Å². The Morgan fingerprint density at radius 2 is 2.11 bits per heavy atom. The molecule has 0 saturated carbocycles. The largest absolute Gasteiger partial charge is 0.483 e. The molecule has 2 amide bonds. The molecule has 1 aliphatic heterocycles. The van der Waals surface area contributed by atoms with Crippen molar-refractivity contribution in [2.75, 3.05) is 25.1 Å². The maximum atomic E-state index is 12.3. The van der Waals surface area contributed by atoms with Gasteiger partial charge in [0.2, 0.25) is 0 Å². The maximum Gasteiger partial charge on any atom is 0.262 e. The Morgan fingerprint density at radius 1 is 1.25 bits per heavy atom. The average molecular weight is 447 g/mol. The van der Waals surface area contributed by atoms with Crippen LogP contribution in [0.2, 0.25) is 0 Å². The van der Waals surface area contributed by atoms with Crippen molar-refractivity contribution in [1.29, 1.82) is 0 Å². The van der Waals surface area contributed by atoms with Gasteiger partial charge in [0.25, 0.3) is 11.8 Å². The Bertz CT molecular complexity index is 850. The highest BCUT2D eigenvalue weighted by Gasteiger charge is 2.17. The molecule has 1 aliphatic rings. The Labute approximate surface area is 172 Å². The van der Waals surface area contributed by atoms with Gasteiger partial charge < -0.3 is 20.1 Å². The summed E-state index contributed by atoms with van der Waals surface area (Å²) in [5.74, 6) is 0.174. The number of rotatable bonds is 7. The van der Waals surface area contributed by atoms with Crippen LogP contribution < -0.4 is 15.4 Å². The van der Waals surface area contributed by atoms with Gasteiger partial charge in [-0.05, 0) is 61.7 Å². The van der Waals surface area contributed by atoms with Crippen LogP contribution in [0.5, 0.6) is 5.75 Å². The number of hydrogen-bond acceptors (Lipinski definition) is 4. The van der Waals surface area contributed by atoms with Crippen molar-refractivity contribution in [3.05, 3.63) is 58.1 Å². The van der Waals surface area contributed by atoms with Crippen molar-refractivity contribution in [2.24, 2.45) is 0 Å². The molecular formula is C21H23BrN2O4. The van der Waals surface area contributed by atoms with Gasteiger partial charge in [0, 0.05) is 28.9 Å². The molecule has 1 unspecified atom stereocenters. The lowest BCUT2D eigenvalue weighted by Crippen LogP contribution is -2.31. The molecule has 1 saturated heterocycles. The summed E-state index contributed by atoms with van der Waals surface area (Å²) in [6.45, 7) is 3.05. The first-order valence-corrected chi connectivity index (χ1v) is 9.99. The molecule has 3 rings (SSSR count). The first-order valence-electron chi connectivity index (χ1n) is 9.20. The number of carbonyl (C=O) groups is 2. The first kappa shape index (κ1) is 20.4. The Morgan fingerprint density at radius 3 is 2.86 bits per heavy atom. The number of hydrogen-bond donors (Lipinski definition) is 2. The van der Waals surface area contributed by atoms with Crippen molar-refractivity contribution in [3.63, 3.8) is 0 Å². The fraction of sp³-hybridized carbons (Fsp3) is 0.333. The van der Waals surface area contributed by atoms with Gasteiger partial charge in [-0.25, -0.2) is 0 Å². The third-order valence-corrected chi connectivity index (χ3v) is 4.91. The van der Waals surface area contributed by atoms with Crippen LogP contribution in [0.1, 0.15) is 28.8 Å². The average Bonchev–Trinajstić information content (AvgIpc) is 3.19. The van der Waals surface area contributed by atoms with E-state index in [1.54, 1.807) is 24.3 Å². The van der Waals surface area contributed by atoms with E-state index >= 15 is 0 Å². The number of halogens is 1. The van der Waals surface area contributed by atoms with Crippen LogP contribution in [0.25, 0.3) is 0 Å². The monoisotopic (exact) mass is 446 g/mol. The second-order valence-electron chi connectivity index (χ2n) is 6.67. The fourth-order valence-electron chi connectivity index (χ4n) is 2.97.